The van der Waals surface area contributed by atoms with Gasteiger partial charge in [-0.3, -0.25) is 4.79 Å². The zero-order valence-electron chi connectivity index (χ0n) is 17.1. The SMILES string of the molecule is COc1ccc(CNc2ccc(NC(=O)c3ccc(C)c(C)c3)nc2)cc1OC. The highest BCUT2D eigenvalue weighted by Crippen LogP contribution is 2.27. The molecule has 0 spiro atoms. The van der Waals surface area contributed by atoms with Crippen molar-refractivity contribution < 1.29 is 14.3 Å². The van der Waals surface area contributed by atoms with Gasteiger partial charge >= 0.3 is 0 Å². The van der Waals surface area contributed by atoms with Crippen LogP contribution in [0.3, 0.4) is 0 Å². The first kappa shape index (κ1) is 20.2. The van der Waals surface area contributed by atoms with Gasteiger partial charge in [0.1, 0.15) is 5.82 Å². The quantitative estimate of drug-likeness (QED) is 0.617. The van der Waals surface area contributed by atoms with Gasteiger partial charge < -0.3 is 20.1 Å². The van der Waals surface area contributed by atoms with E-state index in [-0.39, 0.29) is 5.91 Å². The summed E-state index contributed by atoms with van der Waals surface area (Å²) in [5.41, 5.74) is 4.76. The van der Waals surface area contributed by atoms with Crippen LogP contribution in [0.15, 0.2) is 54.7 Å². The molecule has 0 aliphatic heterocycles. The van der Waals surface area contributed by atoms with Gasteiger partial charge in [-0.2, -0.15) is 0 Å². The number of hydrogen-bond donors (Lipinski definition) is 2. The molecule has 0 saturated carbocycles. The summed E-state index contributed by atoms with van der Waals surface area (Å²) >= 11 is 0. The van der Waals surface area contributed by atoms with Gasteiger partial charge in [-0.1, -0.05) is 12.1 Å². The van der Waals surface area contributed by atoms with E-state index in [0.29, 0.717) is 29.4 Å². The smallest absolute Gasteiger partial charge is 0.256 e. The second-order valence-electron chi connectivity index (χ2n) is 6.73. The Bertz CT molecular complexity index is 1000. The van der Waals surface area contributed by atoms with E-state index < -0.39 is 0 Å². The number of aryl methyl sites for hydroxylation is 2. The molecule has 1 aromatic heterocycles. The number of methoxy groups -OCH3 is 2. The first-order valence-corrected chi connectivity index (χ1v) is 9.29. The summed E-state index contributed by atoms with van der Waals surface area (Å²) in [4.78, 5) is 16.7. The lowest BCUT2D eigenvalue weighted by atomic mass is 10.1. The third-order valence-electron chi connectivity index (χ3n) is 4.72. The fraction of sp³-hybridized carbons (Fsp3) is 0.217. The Balaban J connectivity index is 1.60. The molecule has 150 valence electrons. The van der Waals surface area contributed by atoms with E-state index in [2.05, 4.69) is 15.6 Å². The number of benzene rings is 2. The van der Waals surface area contributed by atoms with Gasteiger partial charge in [-0.05, 0) is 66.9 Å². The third kappa shape index (κ3) is 5.04. The topological polar surface area (TPSA) is 72.5 Å². The van der Waals surface area contributed by atoms with Crippen LogP contribution >= 0.6 is 0 Å². The Hall–Kier alpha value is -3.54. The van der Waals surface area contributed by atoms with E-state index in [4.69, 9.17) is 9.47 Å². The lowest BCUT2D eigenvalue weighted by Gasteiger charge is -2.11. The molecule has 1 heterocycles. The average Bonchev–Trinajstić information content (AvgIpc) is 2.74. The molecule has 0 aliphatic carbocycles. The van der Waals surface area contributed by atoms with Crippen LogP contribution in [-0.2, 0) is 6.54 Å². The Labute approximate surface area is 170 Å². The maximum absolute atomic E-state index is 12.4. The molecule has 0 bridgehead atoms. The maximum atomic E-state index is 12.4. The molecule has 0 atom stereocenters. The summed E-state index contributed by atoms with van der Waals surface area (Å²) < 4.78 is 10.6. The number of anilines is 2. The van der Waals surface area contributed by atoms with E-state index in [9.17, 15) is 4.79 Å². The molecule has 0 radical (unpaired) electrons. The number of amides is 1. The molecule has 29 heavy (non-hydrogen) atoms. The first-order valence-electron chi connectivity index (χ1n) is 9.29. The number of nitrogens with zero attached hydrogens (tertiary/aromatic N) is 1. The van der Waals surface area contributed by atoms with Crippen molar-refractivity contribution in [2.45, 2.75) is 20.4 Å². The van der Waals surface area contributed by atoms with Crippen molar-refractivity contribution in [3.8, 4) is 11.5 Å². The lowest BCUT2D eigenvalue weighted by Crippen LogP contribution is -2.13. The van der Waals surface area contributed by atoms with Crippen LogP contribution in [0.4, 0.5) is 11.5 Å². The van der Waals surface area contributed by atoms with Crippen LogP contribution in [0.25, 0.3) is 0 Å². The van der Waals surface area contributed by atoms with Crippen molar-refractivity contribution in [3.05, 3.63) is 77.0 Å². The van der Waals surface area contributed by atoms with Crippen LogP contribution in [0.1, 0.15) is 27.0 Å². The summed E-state index contributed by atoms with van der Waals surface area (Å²) in [7, 11) is 3.23. The molecule has 3 aromatic rings. The van der Waals surface area contributed by atoms with Gasteiger partial charge in [-0.15, -0.1) is 0 Å². The Morgan fingerprint density at radius 1 is 0.931 bits per heavy atom. The number of aromatic nitrogens is 1. The number of rotatable bonds is 7. The normalized spacial score (nSPS) is 10.3. The summed E-state index contributed by atoms with van der Waals surface area (Å²) in [5, 5.41) is 6.13. The molecular formula is C23H25N3O3. The highest BCUT2D eigenvalue weighted by molar-refractivity contribution is 6.03. The average molecular weight is 391 g/mol. The summed E-state index contributed by atoms with van der Waals surface area (Å²) in [6.07, 6.45) is 1.69. The largest absolute Gasteiger partial charge is 0.493 e. The number of ether oxygens (including phenoxy) is 2. The lowest BCUT2D eigenvalue weighted by molar-refractivity contribution is 0.102. The van der Waals surface area contributed by atoms with E-state index in [1.54, 1.807) is 26.5 Å². The second kappa shape index (κ2) is 9.10. The van der Waals surface area contributed by atoms with Crippen molar-refractivity contribution in [2.24, 2.45) is 0 Å². The van der Waals surface area contributed by atoms with Crippen molar-refractivity contribution in [1.29, 1.82) is 0 Å². The third-order valence-corrected chi connectivity index (χ3v) is 4.72. The fourth-order valence-corrected chi connectivity index (χ4v) is 2.84. The zero-order valence-corrected chi connectivity index (χ0v) is 17.1. The maximum Gasteiger partial charge on any atom is 0.256 e. The van der Waals surface area contributed by atoms with Gasteiger partial charge in [0.2, 0.25) is 0 Å². The number of carbonyl (C=O) groups excluding carboxylic acids is 1. The van der Waals surface area contributed by atoms with E-state index in [0.717, 1.165) is 22.4 Å². The fourth-order valence-electron chi connectivity index (χ4n) is 2.84. The van der Waals surface area contributed by atoms with Gasteiger partial charge in [0.05, 0.1) is 26.1 Å². The second-order valence-corrected chi connectivity index (χ2v) is 6.73. The molecule has 6 nitrogen and oxygen atoms in total. The molecule has 0 saturated heterocycles. The van der Waals surface area contributed by atoms with Crippen LogP contribution < -0.4 is 20.1 Å². The van der Waals surface area contributed by atoms with Gasteiger partial charge in [0.25, 0.3) is 5.91 Å². The molecule has 3 rings (SSSR count). The van der Waals surface area contributed by atoms with E-state index >= 15 is 0 Å². The van der Waals surface area contributed by atoms with Crippen LogP contribution in [0, 0.1) is 13.8 Å². The van der Waals surface area contributed by atoms with Crippen molar-refractivity contribution in [1.82, 2.24) is 4.98 Å². The van der Waals surface area contributed by atoms with Crippen LogP contribution in [0.2, 0.25) is 0 Å². The number of carbonyl (C=O) groups is 1. The molecule has 0 unspecified atom stereocenters. The Morgan fingerprint density at radius 2 is 1.72 bits per heavy atom. The molecule has 1 amide bonds. The Kier molecular flexibility index (Phi) is 6.34. The van der Waals surface area contributed by atoms with Crippen LogP contribution in [-0.4, -0.2) is 25.1 Å². The number of hydrogen-bond acceptors (Lipinski definition) is 5. The monoisotopic (exact) mass is 391 g/mol. The minimum absolute atomic E-state index is 0.174. The molecule has 2 aromatic carbocycles. The highest BCUT2D eigenvalue weighted by atomic mass is 16.5. The molecule has 0 fully saturated rings. The minimum atomic E-state index is -0.174. The number of pyridine rings is 1. The van der Waals surface area contributed by atoms with Crippen molar-refractivity contribution in [3.63, 3.8) is 0 Å². The Morgan fingerprint density at radius 3 is 2.38 bits per heavy atom. The van der Waals surface area contributed by atoms with Gasteiger partial charge in [-0.25, -0.2) is 4.98 Å². The molecule has 2 N–H and O–H groups in total. The molecule has 0 aliphatic rings. The minimum Gasteiger partial charge on any atom is -0.493 e. The number of nitrogens with one attached hydrogen (secondary N) is 2. The molecule has 6 heteroatoms. The van der Waals surface area contributed by atoms with Gasteiger partial charge in [0, 0.05) is 12.1 Å². The molecular weight excluding hydrogens is 366 g/mol. The summed E-state index contributed by atoms with van der Waals surface area (Å²) in [5.74, 6) is 1.72. The predicted molar refractivity (Wildman–Crippen MR) is 115 cm³/mol. The van der Waals surface area contributed by atoms with Crippen LogP contribution in [0.5, 0.6) is 11.5 Å². The van der Waals surface area contributed by atoms with Crippen molar-refractivity contribution in [2.75, 3.05) is 24.9 Å². The standard InChI is InChI=1S/C23H25N3O3/c1-15-5-7-18(11-16(15)2)23(27)26-22-10-8-19(14-25-22)24-13-17-6-9-20(28-3)21(12-17)29-4/h5-12,14,24H,13H2,1-4H3,(H,25,26,27). The first-order chi connectivity index (χ1) is 14.0. The predicted octanol–water partition coefficient (Wildman–Crippen LogP) is 4.58. The zero-order chi connectivity index (χ0) is 20.8. The van der Waals surface area contributed by atoms with E-state index in [1.165, 1.54) is 0 Å². The highest BCUT2D eigenvalue weighted by Gasteiger charge is 2.08. The van der Waals surface area contributed by atoms with Gasteiger partial charge in [0.15, 0.2) is 11.5 Å². The summed E-state index contributed by atoms with van der Waals surface area (Å²) in [6, 6.07) is 15.1. The van der Waals surface area contributed by atoms with E-state index in [1.807, 2.05) is 56.3 Å². The summed E-state index contributed by atoms with van der Waals surface area (Å²) in [6.45, 7) is 4.62. The van der Waals surface area contributed by atoms with Crippen molar-refractivity contribution >= 4 is 17.4 Å².